The first-order valence-electron chi connectivity index (χ1n) is 13.8. The van der Waals surface area contributed by atoms with Crippen LogP contribution in [0.25, 0.3) is 10.8 Å². The zero-order valence-corrected chi connectivity index (χ0v) is 21.4. The molecule has 7 rings (SSSR count). The number of nitrogens with zero attached hydrogens (tertiary/aromatic N) is 2. The largest absolute Gasteiger partial charge is 0.359 e. The van der Waals surface area contributed by atoms with Gasteiger partial charge >= 0.3 is 0 Å². The molecule has 0 amide bonds. The number of benzene rings is 1. The molecule has 3 fully saturated rings. The number of fused-ring (bicyclic) bond motifs is 2. The van der Waals surface area contributed by atoms with Crippen LogP contribution in [0, 0.1) is 11.3 Å². The third-order valence-corrected chi connectivity index (χ3v) is 10.8. The molecule has 3 nitrogen and oxygen atoms in total. The van der Waals surface area contributed by atoms with Crippen LogP contribution in [0.5, 0.6) is 0 Å². The van der Waals surface area contributed by atoms with Crippen molar-refractivity contribution in [2.75, 3.05) is 13.6 Å². The van der Waals surface area contributed by atoms with Gasteiger partial charge in [-0.25, -0.2) is 8.78 Å². The van der Waals surface area contributed by atoms with Gasteiger partial charge in [-0.3, -0.25) is 9.88 Å². The molecule has 2 aromatic rings. The maximum atomic E-state index is 13.1. The number of pyridine rings is 1. The number of rotatable bonds is 4. The van der Waals surface area contributed by atoms with Crippen LogP contribution in [0.15, 0.2) is 60.0 Å². The van der Waals surface area contributed by atoms with Crippen LogP contribution in [-0.2, 0) is 4.74 Å². The van der Waals surface area contributed by atoms with Gasteiger partial charge in [-0.1, -0.05) is 31.2 Å². The minimum atomic E-state index is -2.29. The fraction of sp³-hybridized carbons (Fsp3) is 0.581. The van der Waals surface area contributed by atoms with E-state index in [0.717, 1.165) is 38.5 Å². The Morgan fingerprint density at radius 1 is 1.14 bits per heavy atom. The number of hydrogen-bond acceptors (Lipinski definition) is 3. The first-order valence-corrected chi connectivity index (χ1v) is 13.8. The molecule has 3 aliphatic carbocycles. The number of halogens is 2. The monoisotopic (exact) mass is 490 g/mol. The molecule has 1 aromatic heterocycles. The van der Waals surface area contributed by atoms with E-state index < -0.39 is 6.43 Å². The van der Waals surface area contributed by atoms with Gasteiger partial charge in [-0.15, -0.1) is 0 Å². The molecule has 2 bridgehead atoms. The van der Waals surface area contributed by atoms with Crippen molar-refractivity contribution in [3.63, 3.8) is 0 Å². The van der Waals surface area contributed by atoms with E-state index in [1.54, 1.807) is 0 Å². The molecular formula is C31H36F2N2O. The molecule has 5 heteroatoms. The minimum absolute atomic E-state index is 0.150. The van der Waals surface area contributed by atoms with E-state index in [1.807, 2.05) is 24.3 Å². The Balaban J connectivity index is 1.22. The third-order valence-electron chi connectivity index (χ3n) is 10.8. The van der Waals surface area contributed by atoms with Gasteiger partial charge < -0.3 is 4.74 Å². The molecule has 1 unspecified atom stereocenters. The van der Waals surface area contributed by atoms with E-state index in [0.29, 0.717) is 11.8 Å². The molecule has 2 spiro atoms. The molecule has 6 atom stereocenters. The van der Waals surface area contributed by atoms with Crippen LogP contribution in [0.2, 0.25) is 0 Å². The van der Waals surface area contributed by atoms with E-state index in [-0.39, 0.29) is 29.2 Å². The zero-order valence-electron chi connectivity index (χ0n) is 21.4. The highest BCUT2D eigenvalue weighted by Crippen LogP contribution is 2.69. The first kappa shape index (κ1) is 23.0. The average molecular weight is 491 g/mol. The van der Waals surface area contributed by atoms with Crippen molar-refractivity contribution in [1.29, 1.82) is 0 Å². The lowest BCUT2D eigenvalue weighted by atomic mass is 9.58. The maximum Gasteiger partial charge on any atom is 0.251 e. The molecule has 5 aliphatic rings. The normalized spacial score (nSPS) is 39.1. The van der Waals surface area contributed by atoms with Gasteiger partial charge in [0.2, 0.25) is 0 Å². The van der Waals surface area contributed by atoms with Gasteiger partial charge in [0.15, 0.2) is 0 Å². The van der Waals surface area contributed by atoms with Crippen molar-refractivity contribution >= 4 is 10.8 Å². The van der Waals surface area contributed by atoms with Gasteiger partial charge in [-0.05, 0) is 110 Å². The number of hydrogen-bond donors (Lipinski definition) is 0. The van der Waals surface area contributed by atoms with Crippen molar-refractivity contribution in [1.82, 2.24) is 9.88 Å². The second kappa shape index (κ2) is 7.94. The Kier molecular flexibility index (Phi) is 5.08. The predicted octanol–water partition coefficient (Wildman–Crippen LogP) is 7.04. The number of alkyl halides is 2. The third kappa shape index (κ3) is 3.18. The Hall–Kier alpha value is -2.11. The summed E-state index contributed by atoms with van der Waals surface area (Å²) in [6.07, 6.45) is 14.8. The van der Waals surface area contributed by atoms with Crippen LogP contribution in [-0.4, -0.2) is 47.1 Å². The smallest absolute Gasteiger partial charge is 0.251 e. The van der Waals surface area contributed by atoms with Crippen molar-refractivity contribution in [2.24, 2.45) is 11.3 Å². The van der Waals surface area contributed by atoms with Crippen LogP contribution in [0.3, 0.4) is 0 Å². The first-order chi connectivity index (χ1) is 17.3. The highest BCUT2D eigenvalue weighted by molar-refractivity contribution is 5.82. The molecule has 0 N–H and O–H groups in total. The maximum absolute atomic E-state index is 13.1. The highest BCUT2D eigenvalue weighted by Gasteiger charge is 2.66. The van der Waals surface area contributed by atoms with Crippen molar-refractivity contribution < 1.29 is 13.5 Å². The van der Waals surface area contributed by atoms with Gasteiger partial charge in [0.05, 0.1) is 17.7 Å². The van der Waals surface area contributed by atoms with Crippen molar-refractivity contribution in [3.8, 4) is 0 Å². The Bertz CT molecular complexity index is 1270. The van der Waals surface area contributed by atoms with E-state index in [4.69, 9.17) is 4.74 Å². The Labute approximate surface area is 212 Å². The van der Waals surface area contributed by atoms with Crippen molar-refractivity contribution in [2.45, 2.75) is 87.9 Å². The molecule has 2 saturated carbocycles. The van der Waals surface area contributed by atoms with Crippen molar-refractivity contribution in [3.05, 3.63) is 65.5 Å². The van der Waals surface area contributed by atoms with Gasteiger partial charge in [0.25, 0.3) is 6.43 Å². The minimum Gasteiger partial charge on any atom is -0.359 e. The highest BCUT2D eigenvalue weighted by atomic mass is 19.3. The van der Waals surface area contributed by atoms with Gasteiger partial charge in [-0.2, -0.15) is 0 Å². The summed E-state index contributed by atoms with van der Waals surface area (Å²) in [5.41, 5.74) is 3.94. The molecule has 3 heterocycles. The molecule has 2 aliphatic heterocycles. The second-order valence-corrected chi connectivity index (χ2v) is 12.4. The standard InChI is InChI=1S/C31H36F2N2O/c1-29-11-9-24-16-23-5-6-25(35(2)19-28(32)33)17-30(23)12-13-31(24,36-30)27(29)8-7-26(29)21-4-3-20-10-14-34-18-22(20)15-21/h3-4,9-10,14-16,18,25-28H,5-8,11-13,17,19H2,1-2H3/t25?,26-,27-,29-,30-,31-/m1/s1. The number of allylic oxidation sites excluding steroid dienone is 1. The quantitative estimate of drug-likeness (QED) is 0.460. The van der Waals surface area contributed by atoms with E-state index in [2.05, 4.69) is 48.3 Å². The number of aromatic nitrogens is 1. The van der Waals surface area contributed by atoms with Crippen LogP contribution < -0.4 is 0 Å². The van der Waals surface area contributed by atoms with Crippen LogP contribution in [0.4, 0.5) is 8.78 Å². The summed E-state index contributed by atoms with van der Waals surface area (Å²) < 4.78 is 33.6. The lowest BCUT2D eigenvalue weighted by molar-refractivity contribution is -0.141. The van der Waals surface area contributed by atoms with E-state index in [9.17, 15) is 8.78 Å². The van der Waals surface area contributed by atoms with E-state index in [1.165, 1.54) is 40.3 Å². The van der Waals surface area contributed by atoms with Gasteiger partial charge in [0, 0.05) is 23.8 Å². The molecular weight excluding hydrogens is 454 g/mol. The van der Waals surface area contributed by atoms with Crippen LogP contribution >= 0.6 is 0 Å². The molecule has 1 saturated heterocycles. The fourth-order valence-electron chi connectivity index (χ4n) is 8.99. The molecule has 190 valence electrons. The summed E-state index contributed by atoms with van der Waals surface area (Å²) in [4.78, 5) is 6.23. The summed E-state index contributed by atoms with van der Waals surface area (Å²) >= 11 is 0. The Morgan fingerprint density at radius 3 is 2.89 bits per heavy atom. The Morgan fingerprint density at radius 2 is 2.03 bits per heavy atom. The zero-order chi connectivity index (χ0) is 24.7. The predicted molar refractivity (Wildman–Crippen MR) is 138 cm³/mol. The summed E-state index contributed by atoms with van der Waals surface area (Å²) in [5, 5.41) is 2.46. The summed E-state index contributed by atoms with van der Waals surface area (Å²) in [6.45, 7) is 2.35. The molecule has 0 radical (unpaired) electrons. The molecule has 1 aromatic carbocycles. The second-order valence-electron chi connectivity index (χ2n) is 12.4. The van der Waals surface area contributed by atoms with Gasteiger partial charge in [0.1, 0.15) is 0 Å². The topological polar surface area (TPSA) is 25.4 Å². The summed E-state index contributed by atoms with van der Waals surface area (Å²) in [5.74, 6) is 0.983. The summed E-state index contributed by atoms with van der Waals surface area (Å²) in [6, 6.07) is 9.19. The lowest BCUT2D eigenvalue weighted by Crippen LogP contribution is -2.55. The number of ether oxygens (including phenoxy) is 1. The lowest BCUT2D eigenvalue weighted by Gasteiger charge is -2.55. The van der Waals surface area contributed by atoms with E-state index >= 15 is 0 Å². The fourth-order valence-corrected chi connectivity index (χ4v) is 8.99. The molecule has 36 heavy (non-hydrogen) atoms. The average Bonchev–Trinajstić information content (AvgIpc) is 3.38. The van der Waals surface area contributed by atoms with Crippen LogP contribution in [0.1, 0.15) is 69.8 Å². The SMILES string of the molecule is CN(CC(F)F)C1CCC2=CC3=CC[C@]4(C)[C@@H](c5ccc6ccncc6c5)CC[C@H]4[C@@]34CC[C@]2(C1)O4. The summed E-state index contributed by atoms with van der Waals surface area (Å²) in [7, 11) is 1.86.